The van der Waals surface area contributed by atoms with Gasteiger partial charge in [-0.2, -0.15) is 5.10 Å². The summed E-state index contributed by atoms with van der Waals surface area (Å²) in [5.41, 5.74) is 5.01. The normalized spacial score (nSPS) is 14.3. The van der Waals surface area contributed by atoms with Gasteiger partial charge in [0.2, 0.25) is 5.91 Å². The maximum atomic E-state index is 16.0. The van der Waals surface area contributed by atoms with Crippen LogP contribution in [0.1, 0.15) is 24.2 Å². The predicted molar refractivity (Wildman–Crippen MR) is 177 cm³/mol. The Morgan fingerprint density at radius 2 is 1.98 bits per heavy atom. The van der Waals surface area contributed by atoms with Gasteiger partial charge < -0.3 is 25.1 Å². The van der Waals surface area contributed by atoms with Crippen molar-refractivity contribution in [2.75, 3.05) is 39.2 Å². The Labute approximate surface area is 268 Å². The number of nitrogens with one attached hydrogen (secondary N) is 2. The van der Waals surface area contributed by atoms with Crippen LogP contribution in [0.4, 0.5) is 14.5 Å². The summed E-state index contributed by atoms with van der Waals surface area (Å²) in [6, 6.07) is 11.1. The van der Waals surface area contributed by atoms with Crippen LogP contribution >= 0.6 is 11.3 Å². The number of anilines is 1. The first-order valence-electron chi connectivity index (χ1n) is 14.7. The number of carbonyl (C=O) groups excluding carboxylic acids is 1. The van der Waals surface area contributed by atoms with Crippen LogP contribution < -0.4 is 10.1 Å². The molecule has 9 nitrogen and oxygen atoms in total. The fourth-order valence-electron chi connectivity index (χ4n) is 5.89. The minimum absolute atomic E-state index is 0.0213. The lowest BCUT2D eigenvalue weighted by molar-refractivity contribution is -0.129. The molecule has 1 amide bonds. The molecule has 0 saturated heterocycles. The van der Waals surface area contributed by atoms with E-state index in [0.29, 0.717) is 46.0 Å². The number of hydrogen-bond donors (Lipinski definition) is 2. The Morgan fingerprint density at radius 3 is 2.72 bits per heavy atom. The van der Waals surface area contributed by atoms with E-state index < -0.39 is 11.6 Å². The van der Waals surface area contributed by atoms with Crippen molar-refractivity contribution < 1.29 is 23.0 Å². The summed E-state index contributed by atoms with van der Waals surface area (Å²) in [5.74, 6) is -1.73. The van der Waals surface area contributed by atoms with E-state index in [1.165, 1.54) is 36.8 Å². The number of methoxy groups -OCH3 is 1. The lowest BCUT2D eigenvalue weighted by atomic mass is 9.96. The number of nitrogens with zero attached hydrogens (tertiary/aromatic N) is 4. The SMILES string of the molecule is C=CC(=O)N1CCn2nc(-c3nc(-c4ccc(C=N)c(NC)c4)c4ccsc4c3-c3c(F)cc(F)cc3OCCOC)cc2C1C. The van der Waals surface area contributed by atoms with Crippen LogP contribution in [0, 0.1) is 17.0 Å². The Morgan fingerprint density at radius 1 is 1.15 bits per heavy atom. The first kappa shape index (κ1) is 31.1. The number of pyridine rings is 1. The molecule has 5 aromatic rings. The van der Waals surface area contributed by atoms with Gasteiger partial charge in [-0.3, -0.25) is 9.48 Å². The third-order valence-electron chi connectivity index (χ3n) is 8.13. The number of aromatic nitrogens is 3. The van der Waals surface area contributed by atoms with Gasteiger partial charge in [-0.05, 0) is 36.6 Å². The zero-order valence-electron chi connectivity index (χ0n) is 25.6. The highest BCUT2D eigenvalue weighted by Crippen LogP contribution is 2.47. The average Bonchev–Trinajstić information content (AvgIpc) is 3.72. The lowest BCUT2D eigenvalue weighted by Gasteiger charge is -2.33. The van der Waals surface area contributed by atoms with Crippen LogP contribution in [0.15, 0.2) is 60.5 Å². The van der Waals surface area contributed by atoms with E-state index in [2.05, 4.69) is 11.9 Å². The number of carbonyl (C=O) groups is 1. The third kappa shape index (κ3) is 5.43. The second kappa shape index (κ2) is 12.8. The lowest BCUT2D eigenvalue weighted by Crippen LogP contribution is -2.40. The minimum atomic E-state index is -0.800. The first-order valence-corrected chi connectivity index (χ1v) is 15.5. The molecule has 1 unspecified atom stereocenters. The quantitative estimate of drug-likeness (QED) is 0.0973. The van der Waals surface area contributed by atoms with Crippen molar-refractivity contribution in [3.8, 4) is 39.5 Å². The molecule has 3 aromatic heterocycles. The van der Waals surface area contributed by atoms with Gasteiger partial charge in [-0.15, -0.1) is 11.3 Å². The Hall–Kier alpha value is -4.94. The maximum Gasteiger partial charge on any atom is 0.246 e. The number of hydrogen-bond acceptors (Lipinski definition) is 8. The van der Waals surface area contributed by atoms with Crippen LogP contribution in [-0.2, 0) is 16.1 Å². The summed E-state index contributed by atoms with van der Waals surface area (Å²) >= 11 is 1.41. The molecule has 0 bridgehead atoms. The molecule has 0 fully saturated rings. The highest BCUT2D eigenvalue weighted by molar-refractivity contribution is 7.18. The number of halogens is 2. The summed E-state index contributed by atoms with van der Waals surface area (Å²) in [5, 5.41) is 18.5. The second-order valence-electron chi connectivity index (χ2n) is 10.7. The molecule has 1 aliphatic heterocycles. The van der Waals surface area contributed by atoms with Crippen molar-refractivity contribution in [3.63, 3.8) is 0 Å². The Kier molecular flexibility index (Phi) is 8.65. The first-order chi connectivity index (χ1) is 22.3. The van der Waals surface area contributed by atoms with E-state index >= 15 is 4.39 Å². The van der Waals surface area contributed by atoms with Gasteiger partial charge >= 0.3 is 0 Å². The molecule has 0 radical (unpaired) electrons. The van der Waals surface area contributed by atoms with Crippen LogP contribution in [0.3, 0.4) is 0 Å². The molecule has 236 valence electrons. The average molecular weight is 643 g/mol. The molecule has 2 N–H and O–H groups in total. The van der Waals surface area contributed by atoms with Crippen molar-refractivity contribution in [2.45, 2.75) is 19.5 Å². The van der Waals surface area contributed by atoms with Crippen molar-refractivity contribution >= 4 is 39.2 Å². The summed E-state index contributed by atoms with van der Waals surface area (Å²) in [4.78, 5) is 19.5. The van der Waals surface area contributed by atoms with Crippen LogP contribution in [0.5, 0.6) is 5.75 Å². The number of fused-ring (bicyclic) bond motifs is 2. The molecule has 12 heteroatoms. The monoisotopic (exact) mass is 642 g/mol. The molecule has 2 aromatic carbocycles. The molecular weight excluding hydrogens is 610 g/mol. The van der Waals surface area contributed by atoms with Gasteiger partial charge in [-0.1, -0.05) is 18.7 Å². The third-order valence-corrected chi connectivity index (χ3v) is 9.06. The molecule has 1 atom stereocenters. The number of benzene rings is 2. The van der Waals surface area contributed by atoms with Crippen LogP contribution in [-0.4, -0.2) is 65.7 Å². The molecule has 6 rings (SSSR count). The summed E-state index contributed by atoms with van der Waals surface area (Å²) in [7, 11) is 3.31. The molecule has 0 saturated carbocycles. The predicted octanol–water partition coefficient (Wildman–Crippen LogP) is 6.93. The van der Waals surface area contributed by atoms with Gasteiger partial charge in [0.25, 0.3) is 0 Å². The molecule has 1 aliphatic rings. The minimum Gasteiger partial charge on any atom is -0.490 e. The van der Waals surface area contributed by atoms with E-state index in [1.54, 1.807) is 11.9 Å². The van der Waals surface area contributed by atoms with Gasteiger partial charge in [-0.25, -0.2) is 13.8 Å². The van der Waals surface area contributed by atoms with E-state index in [-0.39, 0.29) is 36.5 Å². The number of amides is 1. The topological polar surface area (TPSA) is 105 Å². The fourth-order valence-corrected chi connectivity index (χ4v) is 6.83. The molecular formula is C34H32F2N6O3S. The number of thiophene rings is 1. The second-order valence-corrected chi connectivity index (χ2v) is 11.7. The summed E-state index contributed by atoms with van der Waals surface area (Å²) in [6.07, 6.45) is 2.57. The number of ether oxygens (including phenoxy) is 2. The van der Waals surface area contributed by atoms with Gasteiger partial charge in [0.1, 0.15) is 35.4 Å². The maximum absolute atomic E-state index is 16.0. The van der Waals surface area contributed by atoms with E-state index in [1.807, 2.05) is 47.3 Å². The van der Waals surface area contributed by atoms with Crippen molar-refractivity contribution in [1.82, 2.24) is 19.7 Å². The standard InChI is InChI=1S/C34H32F2N6O3S/c1-5-29(43)41-9-10-42-27(19(41)2)17-26(40-42)33-31(30-24(36)15-22(35)16-28(30)45-12-11-44-4)34-23(8-13-46-34)32(39-33)20-6-7-21(18-37)25(14-20)38-3/h5-8,13-19,37-38H,1,9-12H2,2-4H3. The van der Waals surface area contributed by atoms with Gasteiger partial charge in [0, 0.05) is 71.5 Å². The number of rotatable bonds is 10. The zero-order valence-corrected chi connectivity index (χ0v) is 26.4. The van der Waals surface area contributed by atoms with Crippen molar-refractivity contribution in [2.24, 2.45) is 0 Å². The molecule has 0 aliphatic carbocycles. The van der Waals surface area contributed by atoms with E-state index in [9.17, 15) is 9.18 Å². The molecule has 46 heavy (non-hydrogen) atoms. The Bertz CT molecular complexity index is 1990. The highest BCUT2D eigenvalue weighted by Gasteiger charge is 2.31. The molecule has 0 spiro atoms. The summed E-state index contributed by atoms with van der Waals surface area (Å²) < 4.78 is 44.2. The molecule has 4 heterocycles. The van der Waals surface area contributed by atoms with Gasteiger partial charge in [0.15, 0.2) is 0 Å². The van der Waals surface area contributed by atoms with E-state index in [0.717, 1.165) is 28.4 Å². The highest BCUT2D eigenvalue weighted by atomic mass is 32.1. The van der Waals surface area contributed by atoms with Gasteiger partial charge in [0.05, 0.1) is 36.1 Å². The largest absolute Gasteiger partial charge is 0.490 e. The zero-order chi connectivity index (χ0) is 32.5. The smallest absolute Gasteiger partial charge is 0.246 e. The van der Waals surface area contributed by atoms with Crippen molar-refractivity contribution in [1.29, 1.82) is 5.41 Å². The van der Waals surface area contributed by atoms with Crippen LogP contribution in [0.2, 0.25) is 0 Å². The Balaban J connectivity index is 1.65. The van der Waals surface area contributed by atoms with Crippen molar-refractivity contribution in [3.05, 3.63) is 83.4 Å². The fraction of sp³-hybridized carbons (Fsp3) is 0.235. The van der Waals surface area contributed by atoms with E-state index in [4.69, 9.17) is 25.0 Å². The van der Waals surface area contributed by atoms with Crippen LogP contribution in [0.25, 0.3) is 43.9 Å². The summed E-state index contributed by atoms with van der Waals surface area (Å²) in [6.45, 7) is 6.77.